The summed E-state index contributed by atoms with van der Waals surface area (Å²) in [6.45, 7) is 0.327. The van der Waals surface area contributed by atoms with Gasteiger partial charge in [-0.25, -0.2) is 0 Å². The Morgan fingerprint density at radius 2 is 1.19 bits per heavy atom. The van der Waals surface area contributed by atoms with Crippen LogP contribution in [0.3, 0.4) is 0 Å². The van der Waals surface area contributed by atoms with Crippen molar-refractivity contribution in [2.45, 2.75) is 5.60 Å². The highest BCUT2D eigenvalue weighted by atomic mass is 16.6. The van der Waals surface area contributed by atoms with E-state index in [1.807, 2.05) is 91.0 Å². The van der Waals surface area contributed by atoms with E-state index >= 15 is 0 Å². The first-order chi connectivity index (χ1) is 13.3. The van der Waals surface area contributed by atoms with Gasteiger partial charge in [0.2, 0.25) is 0 Å². The molecule has 27 heavy (non-hydrogen) atoms. The van der Waals surface area contributed by atoms with Crippen molar-refractivity contribution in [2.75, 3.05) is 19.7 Å². The van der Waals surface area contributed by atoms with Gasteiger partial charge in [-0.05, 0) is 0 Å². The molecule has 0 spiro atoms. The zero-order valence-electron chi connectivity index (χ0n) is 15.0. The standard InChI is InChI=1S/C23H23NO3/c25-17-16-24-18-22(26)27-23(19-10-4-1-5-11-19,20-12-6-2-7-13-20)21-14-8-3-9-15-21/h1-15,24-25H,16-18H2. The van der Waals surface area contributed by atoms with Gasteiger partial charge in [0.15, 0.2) is 5.60 Å². The quantitative estimate of drug-likeness (QED) is 0.368. The first-order valence-electron chi connectivity index (χ1n) is 8.97. The van der Waals surface area contributed by atoms with Gasteiger partial charge in [0.05, 0.1) is 13.2 Å². The highest BCUT2D eigenvalue weighted by molar-refractivity contribution is 5.74. The van der Waals surface area contributed by atoms with Crippen LogP contribution in [0.4, 0.5) is 0 Å². The third kappa shape index (κ3) is 4.25. The molecule has 0 fully saturated rings. The van der Waals surface area contributed by atoms with Crippen molar-refractivity contribution in [1.29, 1.82) is 0 Å². The lowest BCUT2D eigenvalue weighted by atomic mass is 9.80. The van der Waals surface area contributed by atoms with Crippen LogP contribution in [0.5, 0.6) is 0 Å². The Morgan fingerprint density at radius 1 is 0.778 bits per heavy atom. The molecule has 0 amide bonds. The molecule has 4 heteroatoms. The van der Waals surface area contributed by atoms with E-state index in [9.17, 15) is 4.79 Å². The van der Waals surface area contributed by atoms with E-state index in [2.05, 4.69) is 5.32 Å². The molecule has 0 heterocycles. The van der Waals surface area contributed by atoms with Gasteiger partial charge < -0.3 is 15.2 Å². The molecule has 2 N–H and O–H groups in total. The summed E-state index contributed by atoms with van der Waals surface area (Å²) in [4.78, 5) is 12.7. The number of nitrogens with one attached hydrogen (secondary N) is 1. The predicted octanol–water partition coefficient (Wildman–Crippen LogP) is 3.10. The summed E-state index contributed by atoms with van der Waals surface area (Å²) in [6.07, 6.45) is 0. The van der Waals surface area contributed by atoms with Crippen molar-refractivity contribution in [1.82, 2.24) is 5.32 Å². The van der Waals surface area contributed by atoms with Crippen LogP contribution in [0.1, 0.15) is 16.7 Å². The second-order valence-electron chi connectivity index (χ2n) is 6.15. The number of ether oxygens (including phenoxy) is 1. The van der Waals surface area contributed by atoms with Crippen molar-refractivity contribution in [3.8, 4) is 0 Å². The average molecular weight is 361 g/mol. The molecule has 0 aliphatic carbocycles. The van der Waals surface area contributed by atoms with E-state index in [0.29, 0.717) is 6.54 Å². The Bertz CT molecular complexity index is 739. The summed E-state index contributed by atoms with van der Waals surface area (Å²) in [7, 11) is 0. The fraction of sp³-hybridized carbons (Fsp3) is 0.174. The van der Waals surface area contributed by atoms with Crippen LogP contribution < -0.4 is 5.32 Å². The normalized spacial score (nSPS) is 11.1. The second-order valence-corrected chi connectivity index (χ2v) is 6.15. The van der Waals surface area contributed by atoms with E-state index in [4.69, 9.17) is 9.84 Å². The molecule has 0 aliphatic rings. The molecule has 0 aromatic heterocycles. The molecule has 3 aromatic carbocycles. The smallest absolute Gasteiger partial charge is 0.321 e. The lowest BCUT2D eigenvalue weighted by Gasteiger charge is -2.35. The number of aliphatic hydroxyl groups is 1. The minimum absolute atomic E-state index is 0.0226. The highest BCUT2D eigenvalue weighted by Gasteiger charge is 2.40. The number of benzene rings is 3. The molecular weight excluding hydrogens is 338 g/mol. The number of carbonyl (C=O) groups excluding carboxylic acids is 1. The fourth-order valence-corrected chi connectivity index (χ4v) is 3.17. The number of hydrogen-bond donors (Lipinski definition) is 2. The SMILES string of the molecule is O=C(CNCCO)OC(c1ccccc1)(c1ccccc1)c1ccccc1. The van der Waals surface area contributed by atoms with Crippen molar-refractivity contribution in [2.24, 2.45) is 0 Å². The Labute approximate surface area is 159 Å². The molecule has 0 unspecified atom stereocenters. The topological polar surface area (TPSA) is 58.6 Å². The van der Waals surface area contributed by atoms with Gasteiger partial charge in [0, 0.05) is 23.2 Å². The summed E-state index contributed by atoms with van der Waals surface area (Å²) < 4.78 is 6.16. The maximum atomic E-state index is 12.7. The molecule has 0 saturated carbocycles. The number of esters is 1. The third-order valence-corrected chi connectivity index (χ3v) is 4.37. The molecule has 4 nitrogen and oxygen atoms in total. The van der Waals surface area contributed by atoms with Crippen molar-refractivity contribution >= 4 is 5.97 Å². The highest BCUT2D eigenvalue weighted by Crippen LogP contribution is 2.40. The molecule has 0 saturated heterocycles. The van der Waals surface area contributed by atoms with Crippen LogP contribution >= 0.6 is 0 Å². The lowest BCUT2D eigenvalue weighted by molar-refractivity contribution is -0.152. The van der Waals surface area contributed by atoms with Crippen LogP contribution in [-0.2, 0) is 15.1 Å². The van der Waals surface area contributed by atoms with Crippen LogP contribution in [0.15, 0.2) is 91.0 Å². The van der Waals surface area contributed by atoms with Crippen LogP contribution in [0, 0.1) is 0 Å². The van der Waals surface area contributed by atoms with Gasteiger partial charge in [-0.1, -0.05) is 91.0 Å². The molecule has 3 rings (SSSR count). The maximum Gasteiger partial charge on any atom is 0.321 e. The maximum absolute atomic E-state index is 12.7. The van der Waals surface area contributed by atoms with Gasteiger partial charge in [0.1, 0.15) is 0 Å². The predicted molar refractivity (Wildman–Crippen MR) is 105 cm³/mol. The molecule has 0 bridgehead atoms. The Hall–Kier alpha value is -2.95. The summed E-state index contributed by atoms with van der Waals surface area (Å²) in [5, 5.41) is 11.8. The molecule has 0 aliphatic heterocycles. The first-order valence-corrected chi connectivity index (χ1v) is 8.97. The van der Waals surface area contributed by atoms with E-state index in [-0.39, 0.29) is 19.1 Å². The van der Waals surface area contributed by atoms with Gasteiger partial charge in [-0.15, -0.1) is 0 Å². The number of hydrogen-bond acceptors (Lipinski definition) is 4. The summed E-state index contributed by atoms with van der Waals surface area (Å²) in [5.74, 6) is -0.389. The fourth-order valence-electron chi connectivity index (χ4n) is 3.17. The summed E-state index contributed by atoms with van der Waals surface area (Å²) in [6, 6.07) is 29.2. The van der Waals surface area contributed by atoms with E-state index < -0.39 is 5.60 Å². The zero-order valence-corrected chi connectivity index (χ0v) is 15.0. The van der Waals surface area contributed by atoms with Gasteiger partial charge in [-0.2, -0.15) is 0 Å². The van der Waals surface area contributed by atoms with Crippen molar-refractivity contribution in [3.05, 3.63) is 108 Å². The molecule has 138 valence electrons. The van der Waals surface area contributed by atoms with Gasteiger partial charge >= 0.3 is 5.97 Å². The van der Waals surface area contributed by atoms with Crippen LogP contribution in [0.25, 0.3) is 0 Å². The minimum Gasteiger partial charge on any atom is -0.443 e. The van der Waals surface area contributed by atoms with E-state index in [1.54, 1.807) is 0 Å². The van der Waals surface area contributed by atoms with Crippen LogP contribution in [-0.4, -0.2) is 30.8 Å². The van der Waals surface area contributed by atoms with Crippen LogP contribution in [0.2, 0.25) is 0 Å². The summed E-state index contributed by atoms with van der Waals surface area (Å²) >= 11 is 0. The number of aliphatic hydroxyl groups excluding tert-OH is 1. The average Bonchev–Trinajstić information content (AvgIpc) is 2.74. The van der Waals surface area contributed by atoms with Crippen molar-refractivity contribution < 1.29 is 14.6 Å². The number of carbonyl (C=O) groups is 1. The molecular formula is C23H23NO3. The molecule has 0 radical (unpaired) electrons. The zero-order chi connectivity index (χ0) is 19.0. The Morgan fingerprint density at radius 3 is 1.56 bits per heavy atom. The Kier molecular flexibility index (Phi) is 6.36. The van der Waals surface area contributed by atoms with Gasteiger partial charge in [0.25, 0.3) is 0 Å². The first kappa shape index (κ1) is 18.8. The largest absolute Gasteiger partial charge is 0.443 e. The van der Waals surface area contributed by atoms with E-state index in [1.165, 1.54) is 0 Å². The minimum atomic E-state index is -1.05. The molecule has 0 atom stereocenters. The van der Waals surface area contributed by atoms with Crippen molar-refractivity contribution in [3.63, 3.8) is 0 Å². The monoisotopic (exact) mass is 361 g/mol. The lowest BCUT2D eigenvalue weighted by Crippen LogP contribution is -2.38. The van der Waals surface area contributed by atoms with Gasteiger partial charge in [-0.3, -0.25) is 4.79 Å². The third-order valence-electron chi connectivity index (χ3n) is 4.37. The second kappa shape index (κ2) is 9.12. The molecule has 3 aromatic rings. The van der Waals surface area contributed by atoms with E-state index in [0.717, 1.165) is 16.7 Å². The Balaban J connectivity index is 2.12. The summed E-state index contributed by atoms with van der Waals surface area (Å²) in [5.41, 5.74) is 1.57. The number of rotatable bonds is 8.